The molecule has 1 unspecified atom stereocenters. The van der Waals surface area contributed by atoms with Crippen molar-refractivity contribution in [2.45, 2.75) is 37.5 Å². The van der Waals surface area contributed by atoms with Gasteiger partial charge in [-0.2, -0.15) is 0 Å². The first-order chi connectivity index (χ1) is 7.26. The third-order valence-corrected chi connectivity index (χ3v) is 2.76. The highest BCUT2D eigenvalue weighted by atomic mass is 16.5. The van der Waals surface area contributed by atoms with Crippen molar-refractivity contribution in [1.29, 1.82) is 0 Å². The van der Waals surface area contributed by atoms with Crippen LogP contribution in [0.25, 0.3) is 0 Å². The Morgan fingerprint density at radius 2 is 1.87 bits per heavy atom. The molecule has 0 aromatic heterocycles. The topological polar surface area (TPSA) is 82.0 Å². The Hall–Kier alpha value is -0.200. The number of ether oxygens (including phenoxy) is 1. The fraction of sp³-hybridized carbons (Fsp3) is 1.00. The molecule has 0 aliphatic carbocycles. The number of rotatable bonds is 7. The van der Waals surface area contributed by atoms with E-state index < -0.39 is 5.54 Å². The van der Waals surface area contributed by atoms with Gasteiger partial charge >= 0.3 is 0 Å². The second-order valence-electron chi connectivity index (χ2n) is 4.11. The van der Waals surface area contributed by atoms with E-state index in [-0.39, 0.29) is 26.0 Å². The number of aliphatic hydroxyl groups excluding tert-OH is 3. The lowest BCUT2D eigenvalue weighted by molar-refractivity contribution is 0.0722. The van der Waals surface area contributed by atoms with Gasteiger partial charge in [0.2, 0.25) is 0 Å². The number of nitrogens with one attached hydrogen (secondary N) is 1. The predicted molar refractivity (Wildman–Crippen MR) is 55.3 cm³/mol. The number of hydrogen-bond acceptors (Lipinski definition) is 5. The zero-order valence-corrected chi connectivity index (χ0v) is 8.98. The molecule has 1 aliphatic rings. The Morgan fingerprint density at radius 3 is 2.40 bits per heavy atom. The fourth-order valence-corrected chi connectivity index (χ4v) is 1.69. The largest absolute Gasteiger partial charge is 0.396 e. The van der Waals surface area contributed by atoms with Crippen molar-refractivity contribution in [2.75, 3.05) is 26.4 Å². The minimum absolute atomic E-state index is 0.0806. The van der Waals surface area contributed by atoms with Gasteiger partial charge in [-0.15, -0.1) is 0 Å². The SMILES string of the molecule is OCCCCCC1NC(CO)(CO)CO1. The monoisotopic (exact) mass is 219 g/mol. The van der Waals surface area contributed by atoms with Gasteiger partial charge in [0.05, 0.1) is 25.4 Å². The maximum atomic E-state index is 9.11. The summed E-state index contributed by atoms with van der Waals surface area (Å²) in [6.45, 7) is 0.355. The third-order valence-electron chi connectivity index (χ3n) is 2.76. The molecule has 5 nitrogen and oxygen atoms in total. The summed E-state index contributed by atoms with van der Waals surface area (Å²) < 4.78 is 5.44. The van der Waals surface area contributed by atoms with Crippen LogP contribution in [0.4, 0.5) is 0 Å². The summed E-state index contributed by atoms with van der Waals surface area (Å²) in [4.78, 5) is 0. The molecule has 1 aliphatic heterocycles. The van der Waals surface area contributed by atoms with Gasteiger partial charge in [0.1, 0.15) is 6.23 Å². The van der Waals surface area contributed by atoms with Crippen LogP contribution in [0.5, 0.6) is 0 Å². The van der Waals surface area contributed by atoms with Gasteiger partial charge in [0.15, 0.2) is 0 Å². The van der Waals surface area contributed by atoms with Crippen LogP contribution in [0, 0.1) is 0 Å². The van der Waals surface area contributed by atoms with Crippen molar-refractivity contribution in [1.82, 2.24) is 5.32 Å². The van der Waals surface area contributed by atoms with Crippen molar-refractivity contribution in [3.8, 4) is 0 Å². The summed E-state index contributed by atoms with van der Waals surface area (Å²) in [5, 5.41) is 29.9. The molecule has 90 valence electrons. The maximum absolute atomic E-state index is 9.11. The molecule has 0 aromatic rings. The molecule has 0 bridgehead atoms. The van der Waals surface area contributed by atoms with E-state index in [0.29, 0.717) is 6.61 Å². The van der Waals surface area contributed by atoms with Crippen molar-refractivity contribution in [3.63, 3.8) is 0 Å². The van der Waals surface area contributed by atoms with Crippen LogP contribution in [0.3, 0.4) is 0 Å². The Morgan fingerprint density at radius 1 is 1.13 bits per heavy atom. The molecule has 5 heteroatoms. The summed E-state index contributed by atoms with van der Waals surface area (Å²) in [6, 6.07) is 0. The minimum Gasteiger partial charge on any atom is -0.396 e. The van der Waals surface area contributed by atoms with Crippen molar-refractivity contribution < 1.29 is 20.1 Å². The van der Waals surface area contributed by atoms with E-state index in [1.54, 1.807) is 0 Å². The highest BCUT2D eigenvalue weighted by molar-refractivity contribution is 4.92. The van der Waals surface area contributed by atoms with Crippen LogP contribution < -0.4 is 5.32 Å². The normalized spacial score (nSPS) is 24.6. The minimum atomic E-state index is -0.665. The first kappa shape index (κ1) is 12.9. The molecule has 0 aromatic carbocycles. The maximum Gasteiger partial charge on any atom is 0.108 e. The van der Waals surface area contributed by atoms with Crippen molar-refractivity contribution >= 4 is 0 Å². The van der Waals surface area contributed by atoms with Crippen LogP contribution in [-0.2, 0) is 4.74 Å². The Balaban J connectivity index is 2.18. The average molecular weight is 219 g/mol. The van der Waals surface area contributed by atoms with Gasteiger partial charge in [-0.25, -0.2) is 0 Å². The van der Waals surface area contributed by atoms with Crippen LogP contribution in [0.15, 0.2) is 0 Å². The Labute approximate surface area is 90.1 Å². The second kappa shape index (κ2) is 6.40. The molecular weight excluding hydrogens is 198 g/mol. The van der Waals surface area contributed by atoms with Crippen LogP contribution in [-0.4, -0.2) is 53.5 Å². The molecular formula is C10H21NO4. The lowest BCUT2D eigenvalue weighted by Crippen LogP contribution is -2.51. The van der Waals surface area contributed by atoms with E-state index >= 15 is 0 Å². The van der Waals surface area contributed by atoms with Gasteiger partial charge in [-0.3, -0.25) is 5.32 Å². The van der Waals surface area contributed by atoms with Gasteiger partial charge in [-0.1, -0.05) is 6.42 Å². The lowest BCUT2D eigenvalue weighted by Gasteiger charge is -2.23. The molecule has 1 heterocycles. The second-order valence-corrected chi connectivity index (χ2v) is 4.11. The summed E-state index contributed by atoms with van der Waals surface area (Å²) in [5.74, 6) is 0. The van der Waals surface area contributed by atoms with Crippen LogP contribution in [0.1, 0.15) is 25.7 Å². The highest BCUT2D eigenvalue weighted by Crippen LogP contribution is 2.18. The summed E-state index contributed by atoms with van der Waals surface area (Å²) in [6.07, 6.45) is 3.54. The van der Waals surface area contributed by atoms with Crippen molar-refractivity contribution in [2.24, 2.45) is 0 Å². The molecule has 1 atom stereocenters. The predicted octanol–water partition coefficient (Wildman–Crippen LogP) is -0.792. The van der Waals surface area contributed by atoms with E-state index in [9.17, 15) is 0 Å². The molecule has 1 rings (SSSR count). The fourth-order valence-electron chi connectivity index (χ4n) is 1.69. The van der Waals surface area contributed by atoms with Crippen molar-refractivity contribution in [3.05, 3.63) is 0 Å². The number of aliphatic hydroxyl groups is 3. The number of hydrogen-bond donors (Lipinski definition) is 4. The van der Waals surface area contributed by atoms with E-state index in [0.717, 1.165) is 25.7 Å². The molecule has 1 saturated heterocycles. The quantitative estimate of drug-likeness (QED) is 0.422. The molecule has 15 heavy (non-hydrogen) atoms. The average Bonchev–Trinajstić information content (AvgIpc) is 2.69. The Kier molecular flexibility index (Phi) is 5.49. The van der Waals surface area contributed by atoms with E-state index in [1.165, 1.54) is 0 Å². The first-order valence-electron chi connectivity index (χ1n) is 5.48. The van der Waals surface area contributed by atoms with Crippen LogP contribution >= 0.6 is 0 Å². The third kappa shape index (κ3) is 3.70. The zero-order valence-electron chi connectivity index (χ0n) is 8.98. The van der Waals surface area contributed by atoms with E-state index in [2.05, 4.69) is 5.32 Å². The summed E-state index contributed by atoms with van der Waals surface area (Å²) in [7, 11) is 0. The summed E-state index contributed by atoms with van der Waals surface area (Å²) >= 11 is 0. The van der Waals surface area contributed by atoms with Gasteiger partial charge in [0.25, 0.3) is 0 Å². The standard InChI is InChI=1S/C10H21NO4/c12-5-3-1-2-4-9-11-10(6-13,7-14)8-15-9/h9,11-14H,1-8H2. The molecule has 0 saturated carbocycles. The molecule has 0 amide bonds. The van der Waals surface area contributed by atoms with Gasteiger partial charge < -0.3 is 20.1 Å². The lowest BCUT2D eigenvalue weighted by atomic mass is 10.0. The highest BCUT2D eigenvalue weighted by Gasteiger charge is 2.38. The van der Waals surface area contributed by atoms with Gasteiger partial charge in [-0.05, 0) is 19.3 Å². The van der Waals surface area contributed by atoms with E-state index in [4.69, 9.17) is 20.1 Å². The number of unbranched alkanes of at least 4 members (excludes halogenated alkanes) is 2. The Bertz CT molecular complexity index is 173. The smallest absolute Gasteiger partial charge is 0.108 e. The molecule has 4 N–H and O–H groups in total. The molecule has 1 fully saturated rings. The summed E-state index contributed by atoms with van der Waals surface area (Å²) in [5.41, 5.74) is -0.665. The van der Waals surface area contributed by atoms with Crippen LogP contribution in [0.2, 0.25) is 0 Å². The zero-order chi connectivity index (χ0) is 11.1. The molecule has 0 radical (unpaired) electrons. The van der Waals surface area contributed by atoms with Gasteiger partial charge in [0, 0.05) is 6.61 Å². The first-order valence-corrected chi connectivity index (χ1v) is 5.48. The molecule has 0 spiro atoms. The van der Waals surface area contributed by atoms with E-state index in [1.807, 2.05) is 0 Å².